The van der Waals surface area contributed by atoms with Crippen molar-refractivity contribution in [3.8, 4) is 0 Å². The summed E-state index contributed by atoms with van der Waals surface area (Å²) in [6, 6.07) is 10.2. The SMILES string of the molecule is C[C@@H]1C=C[C@@H](c2ccccc2)C2=C1C(=O)OC2. The van der Waals surface area contributed by atoms with Crippen molar-refractivity contribution < 1.29 is 9.53 Å². The quantitative estimate of drug-likeness (QED) is 0.543. The van der Waals surface area contributed by atoms with Gasteiger partial charge in [-0.05, 0) is 11.1 Å². The van der Waals surface area contributed by atoms with E-state index in [1.165, 1.54) is 5.56 Å². The fraction of sp³-hybridized carbons (Fsp3) is 0.267. The second-order valence-corrected chi connectivity index (χ2v) is 4.58. The Kier molecular flexibility index (Phi) is 2.36. The first-order valence-electron chi connectivity index (χ1n) is 5.90. The highest BCUT2D eigenvalue weighted by Gasteiger charge is 2.34. The minimum atomic E-state index is -0.141. The molecule has 0 fully saturated rings. The van der Waals surface area contributed by atoms with Crippen molar-refractivity contribution in [2.75, 3.05) is 6.61 Å². The monoisotopic (exact) mass is 226 g/mol. The maximum Gasteiger partial charge on any atom is 0.335 e. The van der Waals surface area contributed by atoms with Crippen molar-refractivity contribution >= 4 is 5.97 Å². The van der Waals surface area contributed by atoms with Crippen molar-refractivity contribution in [2.45, 2.75) is 12.8 Å². The third-order valence-corrected chi connectivity index (χ3v) is 3.51. The maximum absolute atomic E-state index is 11.7. The number of rotatable bonds is 1. The summed E-state index contributed by atoms with van der Waals surface area (Å²) in [5, 5.41) is 0. The maximum atomic E-state index is 11.7. The molecule has 0 unspecified atom stereocenters. The minimum Gasteiger partial charge on any atom is -0.458 e. The number of ether oxygens (including phenoxy) is 1. The number of hydrogen-bond acceptors (Lipinski definition) is 2. The van der Waals surface area contributed by atoms with Crippen LogP contribution in [0.3, 0.4) is 0 Å². The molecule has 2 nitrogen and oxygen atoms in total. The average Bonchev–Trinajstić information content (AvgIpc) is 2.74. The summed E-state index contributed by atoms with van der Waals surface area (Å²) in [6.45, 7) is 2.49. The molecule has 1 aromatic rings. The van der Waals surface area contributed by atoms with Crippen molar-refractivity contribution in [3.63, 3.8) is 0 Å². The van der Waals surface area contributed by atoms with Gasteiger partial charge in [0.25, 0.3) is 0 Å². The van der Waals surface area contributed by atoms with Crippen LogP contribution < -0.4 is 0 Å². The molecule has 0 bridgehead atoms. The van der Waals surface area contributed by atoms with E-state index >= 15 is 0 Å². The molecule has 2 heteroatoms. The van der Waals surface area contributed by atoms with E-state index in [1.54, 1.807) is 0 Å². The molecule has 0 amide bonds. The van der Waals surface area contributed by atoms with Gasteiger partial charge in [-0.3, -0.25) is 0 Å². The van der Waals surface area contributed by atoms with Crippen LogP contribution in [0.15, 0.2) is 53.6 Å². The fourth-order valence-electron chi connectivity index (χ4n) is 2.63. The van der Waals surface area contributed by atoms with E-state index in [0.717, 1.165) is 11.1 Å². The zero-order valence-corrected chi connectivity index (χ0v) is 9.72. The third-order valence-electron chi connectivity index (χ3n) is 3.51. The Hall–Kier alpha value is -1.83. The minimum absolute atomic E-state index is 0.141. The molecule has 1 heterocycles. The van der Waals surface area contributed by atoms with E-state index in [0.29, 0.717) is 6.61 Å². The first-order chi connectivity index (χ1) is 8.27. The van der Waals surface area contributed by atoms with E-state index in [4.69, 9.17) is 4.74 Å². The Labute approximate surface area is 101 Å². The van der Waals surface area contributed by atoms with Crippen LogP contribution in [-0.2, 0) is 9.53 Å². The summed E-state index contributed by atoms with van der Waals surface area (Å²) in [5.41, 5.74) is 3.22. The third kappa shape index (κ3) is 1.60. The topological polar surface area (TPSA) is 26.3 Å². The van der Waals surface area contributed by atoms with Gasteiger partial charge in [0.2, 0.25) is 0 Å². The molecule has 1 aromatic carbocycles. The molecular formula is C15H14O2. The molecule has 3 rings (SSSR count). The van der Waals surface area contributed by atoms with E-state index in [9.17, 15) is 4.79 Å². The van der Waals surface area contributed by atoms with Crippen molar-refractivity contribution in [3.05, 3.63) is 59.2 Å². The summed E-state index contributed by atoms with van der Waals surface area (Å²) < 4.78 is 5.17. The highest BCUT2D eigenvalue weighted by molar-refractivity contribution is 5.93. The molecule has 86 valence electrons. The molecule has 0 radical (unpaired) electrons. The van der Waals surface area contributed by atoms with Crippen molar-refractivity contribution in [1.82, 2.24) is 0 Å². The van der Waals surface area contributed by atoms with Gasteiger partial charge in [0.15, 0.2) is 0 Å². The van der Waals surface area contributed by atoms with Gasteiger partial charge in [-0.1, -0.05) is 49.4 Å². The lowest BCUT2D eigenvalue weighted by Gasteiger charge is -2.21. The Balaban J connectivity index is 2.05. The van der Waals surface area contributed by atoms with Crippen molar-refractivity contribution in [2.24, 2.45) is 5.92 Å². The van der Waals surface area contributed by atoms with E-state index < -0.39 is 0 Å². The molecular weight excluding hydrogens is 212 g/mol. The van der Waals surface area contributed by atoms with E-state index in [1.807, 2.05) is 25.1 Å². The number of carbonyl (C=O) groups excluding carboxylic acids is 1. The normalized spacial score (nSPS) is 27.0. The molecule has 0 saturated heterocycles. The van der Waals surface area contributed by atoms with Gasteiger partial charge in [-0.2, -0.15) is 0 Å². The average molecular weight is 226 g/mol. The summed E-state index contributed by atoms with van der Waals surface area (Å²) in [7, 11) is 0. The molecule has 0 saturated carbocycles. The van der Waals surface area contributed by atoms with Gasteiger partial charge in [-0.25, -0.2) is 4.79 Å². The lowest BCUT2D eigenvalue weighted by molar-refractivity contribution is -0.136. The number of benzene rings is 1. The van der Waals surface area contributed by atoms with E-state index in [-0.39, 0.29) is 17.8 Å². The zero-order chi connectivity index (χ0) is 11.8. The van der Waals surface area contributed by atoms with Crippen molar-refractivity contribution in [1.29, 1.82) is 0 Å². The highest BCUT2D eigenvalue weighted by atomic mass is 16.5. The Morgan fingerprint density at radius 2 is 1.94 bits per heavy atom. The first kappa shape index (κ1) is 10.3. The fourth-order valence-corrected chi connectivity index (χ4v) is 2.63. The standard InChI is InChI=1S/C15H14O2/c1-10-7-8-12(11-5-3-2-4-6-11)13-9-17-15(16)14(10)13/h2-8,10,12H,9H2,1H3/t10-,12+/m1/s1. The number of cyclic esters (lactones) is 1. The lowest BCUT2D eigenvalue weighted by Crippen LogP contribution is -2.13. The molecule has 2 aliphatic rings. The molecule has 1 aliphatic heterocycles. The molecule has 2 atom stereocenters. The Bertz CT molecular complexity index is 511. The van der Waals surface area contributed by atoms with Crippen LogP contribution in [0, 0.1) is 5.92 Å². The second kappa shape index (κ2) is 3.88. The van der Waals surface area contributed by atoms with Crippen LogP contribution in [0.4, 0.5) is 0 Å². The predicted molar refractivity (Wildman–Crippen MR) is 65.5 cm³/mol. The number of carbonyl (C=O) groups is 1. The summed E-state index contributed by atoms with van der Waals surface area (Å²) in [5.74, 6) is 0.242. The zero-order valence-electron chi connectivity index (χ0n) is 9.72. The van der Waals surface area contributed by atoms with Crippen LogP contribution in [-0.4, -0.2) is 12.6 Å². The second-order valence-electron chi connectivity index (χ2n) is 4.58. The van der Waals surface area contributed by atoms with Gasteiger partial charge in [0, 0.05) is 17.4 Å². The van der Waals surface area contributed by atoms with Crippen LogP contribution in [0.1, 0.15) is 18.4 Å². The van der Waals surface area contributed by atoms with Gasteiger partial charge in [0.05, 0.1) is 0 Å². The number of esters is 1. The van der Waals surface area contributed by atoms with E-state index in [2.05, 4.69) is 24.3 Å². The Morgan fingerprint density at radius 3 is 2.71 bits per heavy atom. The van der Waals surface area contributed by atoms with Gasteiger partial charge in [-0.15, -0.1) is 0 Å². The molecule has 1 aliphatic carbocycles. The van der Waals surface area contributed by atoms with Crippen LogP contribution in [0.2, 0.25) is 0 Å². The van der Waals surface area contributed by atoms with Gasteiger partial charge < -0.3 is 4.74 Å². The number of hydrogen-bond donors (Lipinski definition) is 0. The summed E-state index contributed by atoms with van der Waals surface area (Å²) in [4.78, 5) is 11.7. The summed E-state index contributed by atoms with van der Waals surface area (Å²) in [6.07, 6.45) is 4.28. The summed E-state index contributed by atoms with van der Waals surface area (Å²) >= 11 is 0. The Morgan fingerprint density at radius 1 is 1.18 bits per heavy atom. The lowest BCUT2D eigenvalue weighted by atomic mass is 9.80. The number of allylic oxidation sites excluding steroid dienone is 2. The van der Waals surface area contributed by atoms with Gasteiger partial charge in [0.1, 0.15) is 6.61 Å². The molecule has 0 spiro atoms. The molecule has 0 aromatic heterocycles. The van der Waals surface area contributed by atoms with Crippen LogP contribution in [0.25, 0.3) is 0 Å². The largest absolute Gasteiger partial charge is 0.458 e. The van der Waals surface area contributed by atoms with Crippen LogP contribution in [0.5, 0.6) is 0 Å². The molecule has 0 N–H and O–H groups in total. The van der Waals surface area contributed by atoms with Crippen LogP contribution >= 0.6 is 0 Å². The smallest absolute Gasteiger partial charge is 0.335 e. The molecule has 17 heavy (non-hydrogen) atoms. The first-order valence-corrected chi connectivity index (χ1v) is 5.90. The van der Waals surface area contributed by atoms with Gasteiger partial charge >= 0.3 is 5.97 Å². The predicted octanol–water partition coefficient (Wildman–Crippen LogP) is 2.83. The highest BCUT2D eigenvalue weighted by Crippen LogP contribution is 2.39.